The summed E-state index contributed by atoms with van der Waals surface area (Å²) >= 11 is 2.27. The van der Waals surface area contributed by atoms with Gasteiger partial charge in [0.2, 0.25) is 0 Å². The molecule has 106 valence electrons. The van der Waals surface area contributed by atoms with Gasteiger partial charge in [-0.3, -0.25) is 0 Å². The van der Waals surface area contributed by atoms with Crippen molar-refractivity contribution in [3.8, 4) is 0 Å². The summed E-state index contributed by atoms with van der Waals surface area (Å²) in [5, 5.41) is 1.05. The molecule has 0 N–H and O–H groups in total. The van der Waals surface area contributed by atoms with Gasteiger partial charge in [0.15, 0.2) is 0 Å². The van der Waals surface area contributed by atoms with E-state index < -0.39 is 0 Å². The van der Waals surface area contributed by atoms with Crippen molar-refractivity contribution in [2.75, 3.05) is 5.75 Å². The number of hydrogen-bond acceptors (Lipinski definition) is 1. The lowest BCUT2D eigenvalue weighted by Crippen LogP contribution is -2.90. The quantitative estimate of drug-likeness (QED) is 0.662. The first-order chi connectivity index (χ1) is 9.15. The predicted octanol–water partition coefficient (Wildman–Crippen LogP) is 4.84. The standard InChI is InChI=1S/C18H28S/c1-4-5-6-17(3)10(2)18-12(7-11(17)15-9-19-15)16-13(18)8-14(16)18/h10-16H,4-9H2,1-3H3/t10-,11?,12?,13-,14?,15?,16?,17+,18?/m1/s1. The molecule has 6 aliphatic carbocycles. The lowest BCUT2D eigenvalue weighted by molar-refractivity contribution is -0.470. The molecular formula is C18H28S. The van der Waals surface area contributed by atoms with Crippen LogP contribution in [0.4, 0.5) is 0 Å². The molecule has 0 aromatic rings. The summed E-state index contributed by atoms with van der Waals surface area (Å²) in [5.41, 5.74) is 1.58. The normalized spacial score (nSPS) is 67.4. The number of unbranched alkanes of at least 4 members (excludes halogenated alkanes) is 1. The van der Waals surface area contributed by atoms with Crippen molar-refractivity contribution in [1.29, 1.82) is 0 Å². The van der Waals surface area contributed by atoms with E-state index in [9.17, 15) is 0 Å². The summed E-state index contributed by atoms with van der Waals surface area (Å²) < 4.78 is 0. The van der Waals surface area contributed by atoms with E-state index in [-0.39, 0.29) is 0 Å². The Bertz CT molecular complexity index is 415. The molecule has 1 spiro atoms. The molecule has 0 radical (unpaired) electrons. The van der Waals surface area contributed by atoms with E-state index >= 15 is 0 Å². The van der Waals surface area contributed by atoms with Crippen molar-refractivity contribution in [3.63, 3.8) is 0 Å². The summed E-state index contributed by atoms with van der Waals surface area (Å²) in [6.45, 7) is 7.75. The Hall–Kier alpha value is 0.350. The lowest BCUT2D eigenvalue weighted by Gasteiger charge is -2.94. The van der Waals surface area contributed by atoms with Crippen LogP contribution in [0.25, 0.3) is 0 Å². The van der Waals surface area contributed by atoms with Gasteiger partial charge in [-0.15, -0.1) is 0 Å². The first-order valence-corrected chi connectivity index (χ1v) is 9.82. The summed E-state index contributed by atoms with van der Waals surface area (Å²) in [4.78, 5) is 0. The molecule has 0 amide bonds. The van der Waals surface area contributed by atoms with Gasteiger partial charge in [0.05, 0.1) is 0 Å². The van der Waals surface area contributed by atoms with Gasteiger partial charge in [-0.2, -0.15) is 11.8 Å². The van der Waals surface area contributed by atoms with Crippen LogP contribution in [0.5, 0.6) is 0 Å². The zero-order valence-corrected chi connectivity index (χ0v) is 13.5. The molecule has 1 heterocycles. The third-order valence-electron chi connectivity index (χ3n) is 8.80. The Morgan fingerprint density at radius 3 is 2.26 bits per heavy atom. The van der Waals surface area contributed by atoms with Crippen LogP contribution < -0.4 is 0 Å². The Kier molecular flexibility index (Phi) is 2.13. The summed E-state index contributed by atoms with van der Waals surface area (Å²) in [6, 6.07) is 0. The largest absolute Gasteiger partial charge is 0.156 e. The number of rotatable bonds is 4. The molecule has 7 aliphatic rings. The van der Waals surface area contributed by atoms with Gasteiger partial charge in [0.1, 0.15) is 0 Å². The fourth-order valence-electron chi connectivity index (χ4n) is 7.53. The lowest BCUT2D eigenvalue weighted by atomic mass is 9.10. The average molecular weight is 276 g/mol. The molecule has 6 unspecified atom stereocenters. The summed E-state index contributed by atoms with van der Waals surface area (Å²) in [5.74, 6) is 8.40. The van der Waals surface area contributed by atoms with Crippen molar-refractivity contribution in [2.45, 2.75) is 58.1 Å². The highest BCUT2D eigenvalue weighted by Crippen LogP contribution is 2.94. The van der Waals surface area contributed by atoms with Gasteiger partial charge >= 0.3 is 0 Å². The average Bonchev–Trinajstić information content (AvgIpc) is 3.11. The monoisotopic (exact) mass is 276 g/mol. The van der Waals surface area contributed by atoms with E-state index in [1.54, 1.807) is 12.8 Å². The molecular weight excluding hydrogens is 248 g/mol. The molecule has 7 fully saturated rings. The smallest absolute Gasteiger partial charge is 0.0172 e. The second-order valence-electron chi connectivity index (χ2n) is 8.68. The molecule has 0 nitrogen and oxygen atoms in total. The molecule has 7 rings (SSSR count). The van der Waals surface area contributed by atoms with Crippen molar-refractivity contribution in [2.24, 2.45) is 46.3 Å². The molecule has 1 aliphatic heterocycles. The minimum Gasteiger partial charge on any atom is -0.156 e. The molecule has 6 saturated carbocycles. The van der Waals surface area contributed by atoms with Gasteiger partial charge in [-0.05, 0) is 65.6 Å². The van der Waals surface area contributed by atoms with E-state index in [1.807, 2.05) is 0 Å². The van der Waals surface area contributed by atoms with E-state index in [2.05, 4.69) is 32.5 Å². The highest BCUT2D eigenvalue weighted by Gasteiger charge is 2.89. The van der Waals surface area contributed by atoms with Gasteiger partial charge in [-0.25, -0.2) is 0 Å². The van der Waals surface area contributed by atoms with E-state index in [1.165, 1.54) is 48.7 Å². The molecule has 4 bridgehead atoms. The van der Waals surface area contributed by atoms with Crippen molar-refractivity contribution < 1.29 is 0 Å². The predicted molar refractivity (Wildman–Crippen MR) is 82.2 cm³/mol. The Morgan fingerprint density at radius 1 is 1.11 bits per heavy atom. The van der Waals surface area contributed by atoms with Crippen molar-refractivity contribution >= 4 is 11.8 Å². The molecule has 0 aromatic carbocycles. The summed E-state index contributed by atoms with van der Waals surface area (Å²) in [6.07, 6.45) is 7.62. The van der Waals surface area contributed by atoms with Crippen LogP contribution >= 0.6 is 11.8 Å². The Morgan fingerprint density at radius 2 is 1.74 bits per heavy atom. The van der Waals surface area contributed by atoms with Gasteiger partial charge in [0.25, 0.3) is 0 Å². The van der Waals surface area contributed by atoms with Crippen LogP contribution in [-0.2, 0) is 0 Å². The maximum absolute atomic E-state index is 2.70. The highest BCUT2D eigenvalue weighted by molar-refractivity contribution is 8.06. The van der Waals surface area contributed by atoms with Crippen LogP contribution in [0.3, 0.4) is 0 Å². The van der Waals surface area contributed by atoms with Crippen LogP contribution in [0, 0.1) is 46.3 Å². The fourth-order valence-corrected chi connectivity index (χ4v) is 8.53. The second-order valence-corrected chi connectivity index (χ2v) is 9.95. The van der Waals surface area contributed by atoms with E-state index in [0.717, 1.165) is 22.5 Å². The maximum atomic E-state index is 2.70. The molecule has 1 saturated heterocycles. The Balaban J connectivity index is 1.48. The van der Waals surface area contributed by atoms with E-state index in [4.69, 9.17) is 0 Å². The van der Waals surface area contributed by atoms with Gasteiger partial charge in [0, 0.05) is 11.0 Å². The van der Waals surface area contributed by atoms with Crippen LogP contribution in [0.1, 0.15) is 52.9 Å². The van der Waals surface area contributed by atoms with Crippen molar-refractivity contribution in [3.05, 3.63) is 0 Å². The number of hydrogen-bond donors (Lipinski definition) is 0. The molecule has 0 aromatic heterocycles. The SMILES string of the molecule is CCCC[C@]1(C)C(C2CS2)CC2C3C4C[C@H]3C24[C@@H]1C. The minimum atomic E-state index is 0.684. The van der Waals surface area contributed by atoms with Crippen LogP contribution in [0.15, 0.2) is 0 Å². The van der Waals surface area contributed by atoms with E-state index in [0.29, 0.717) is 5.41 Å². The molecule has 1 heteroatoms. The van der Waals surface area contributed by atoms with Crippen LogP contribution in [0.2, 0.25) is 0 Å². The third kappa shape index (κ3) is 1.05. The molecule has 19 heavy (non-hydrogen) atoms. The maximum Gasteiger partial charge on any atom is 0.0172 e. The highest BCUT2D eigenvalue weighted by atomic mass is 32.2. The zero-order valence-electron chi connectivity index (χ0n) is 12.7. The third-order valence-corrected chi connectivity index (χ3v) is 9.85. The van der Waals surface area contributed by atoms with Gasteiger partial charge < -0.3 is 0 Å². The first-order valence-electron chi connectivity index (χ1n) is 8.77. The minimum absolute atomic E-state index is 0.684. The van der Waals surface area contributed by atoms with Crippen LogP contribution in [-0.4, -0.2) is 11.0 Å². The molecule has 9 atom stereocenters. The zero-order chi connectivity index (χ0) is 13.0. The fraction of sp³-hybridized carbons (Fsp3) is 1.00. The number of thioether (sulfide) groups is 1. The van der Waals surface area contributed by atoms with Crippen molar-refractivity contribution in [1.82, 2.24) is 0 Å². The topological polar surface area (TPSA) is 0 Å². The Labute approximate surface area is 122 Å². The second kappa shape index (κ2) is 3.39. The summed E-state index contributed by atoms with van der Waals surface area (Å²) in [7, 11) is 0. The van der Waals surface area contributed by atoms with Gasteiger partial charge in [-0.1, -0.05) is 33.6 Å². The first kappa shape index (κ1) is 12.0.